The van der Waals surface area contributed by atoms with Gasteiger partial charge in [0.15, 0.2) is 5.75 Å². The highest BCUT2D eigenvalue weighted by atomic mass is 35.5. The highest BCUT2D eigenvalue weighted by molar-refractivity contribution is 7.90. The van der Waals surface area contributed by atoms with Crippen molar-refractivity contribution in [3.63, 3.8) is 0 Å². The molecular weight excluding hydrogens is 495 g/mol. The fourth-order valence-corrected chi connectivity index (χ4v) is 4.37. The Hall–Kier alpha value is -1.86. The molecule has 0 fully saturated rings. The molecule has 2 aromatic carbocycles. The Morgan fingerprint density at radius 2 is 1.56 bits per heavy atom. The molecule has 0 amide bonds. The SMILES string of the molecule is CC(C)(c1ccc(OCc2ccc(S(C)(=O)=O)o2)cc1)c1cc(Cl)c(OCCCl)c(Cl)c1. The van der Waals surface area contributed by atoms with Crippen LogP contribution in [-0.2, 0) is 21.9 Å². The number of rotatable bonds is 9. The van der Waals surface area contributed by atoms with Gasteiger partial charge in [-0.2, -0.15) is 0 Å². The van der Waals surface area contributed by atoms with E-state index in [1.54, 1.807) is 6.07 Å². The van der Waals surface area contributed by atoms with Gasteiger partial charge in [-0.25, -0.2) is 8.42 Å². The first kappa shape index (κ1) is 24.8. The Kier molecular flexibility index (Phi) is 7.71. The van der Waals surface area contributed by atoms with Crippen LogP contribution in [-0.4, -0.2) is 27.2 Å². The van der Waals surface area contributed by atoms with Gasteiger partial charge in [0.2, 0.25) is 14.9 Å². The zero-order chi connectivity index (χ0) is 23.5. The topological polar surface area (TPSA) is 65.7 Å². The summed E-state index contributed by atoms with van der Waals surface area (Å²) in [7, 11) is -3.38. The highest BCUT2D eigenvalue weighted by Crippen LogP contribution is 2.40. The van der Waals surface area contributed by atoms with Crippen molar-refractivity contribution in [3.8, 4) is 11.5 Å². The van der Waals surface area contributed by atoms with Crippen molar-refractivity contribution in [3.05, 3.63) is 75.5 Å². The molecule has 172 valence electrons. The maximum Gasteiger partial charge on any atom is 0.218 e. The first-order valence-electron chi connectivity index (χ1n) is 9.73. The molecule has 0 spiro atoms. The third-order valence-electron chi connectivity index (χ3n) is 5.00. The van der Waals surface area contributed by atoms with E-state index in [1.165, 1.54) is 6.07 Å². The second-order valence-electron chi connectivity index (χ2n) is 7.74. The Labute approximate surface area is 203 Å². The second kappa shape index (κ2) is 9.96. The van der Waals surface area contributed by atoms with Crippen LogP contribution in [0.5, 0.6) is 11.5 Å². The molecule has 0 bridgehead atoms. The van der Waals surface area contributed by atoms with Crippen molar-refractivity contribution in [2.24, 2.45) is 0 Å². The molecule has 32 heavy (non-hydrogen) atoms. The number of sulfone groups is 1. The minimum absolute atomic E-state index is 0.0791. The Morgan fingerprint density at radius 1 is 0.938 bits per heavy atom. The van der Waals surface area contributed by atoms with Crippen LogP contribution in [0.2, 0.25) is 10.0 Å². The largest absolute Gasteiger partial charge is 0.489 e. The van der Waals surface area contributed by atoms with Crippen LogP contribution in [0.3, 0.4) is 0 Å². The number of ether oxygens (including phenoxy) is 2. The minimum Gasteiger partial charge on any atom is -0.489 e. The van der Waals surface area contributed by atoms with Crippen molar-refractivity contribution >= 4 is 44.6 Å². The van der Waals surface area contributed by atoms with Crippen LogP contribution >= 0.6 is 34.8 Å². The fraction of sp³-hybridized carbons (Fsp3) is 0.304. The monoisotopic (exact) mass is 516 g/mol. The van der Waals surface area contributed by atoms with E-state index in [1.807, 2.05) is 36.4 Å². The summed E-state index contributed by atoms with van der Waals surface area (Å²) in [6.45, 7) is 4.57. The normalized spacial score (nSPS) is 12.1. The van der Waals surface area contributed by atoms with Gasteiger partial charge in [0.25, 0.3) is 0 Å². The van der Waals surface area contributed by atoms with Gasteiger partial charge in [0, 0.05) is 11.7 Å². The Morgan fingerprint density at radius 3 is 2.09 bits per heavy atom. The third kappa shape index (κ3) is 5.73. The van der Waals surface area contributed by atoms with Crippen molar-refractivity contribution in [1.29, 1.82) is 0 Å². The lowest BCUT2D eigenvalue weighted by atomic mass is 9.78. The Balaban J connectivity index is 1.74. The zero-order valence-electron chi connectivity index (χ0n) is 17.8. The van der Waals surface area contributed by atoms with E-state index in [4.69, 9.17) is 48.7 Å². The van der Waals surface area contributed by atoms with Crippen molar-refractivity contribution in [2.45, 2.75) is 31.0 Å². The average molecular weight is 518 g/mol. The van der Waals surface area contributed by atoms with Crippen LogP contribution in [0.25, 0.3) is 0 Å². The molecule has 5 nitrogen and oxygen atoms in total. The zero-order valence-corrected chi connectivity index (χ0v) is 20.9. The third-order valence-corrected chi connectivity index (χ3v) is 6.67. The predicted molar refractivity (Wildman–Crippen MR) is 127 cm³/mol. The lowest BCUT2D eigenvalue weighted by Crippen LogP contribution is -2.19. The van der Waals surface area contributed by atoms with E-state index in [2.05, 4.69) is 13.8 Å². The molecular formula is C23H23Cl3O5S. The van der Waals surface area contributed by atoms with Gasteiger partial charge in [-0.05, 0) is 47.5 Å². The summed E-state index contributed by atoms with van der Waals surface area (Å²) in [5, 5.41) is 0.778. The average Bonchev–Trinajstić information content (AvgIpc) is 3.21. The minimum atomic E-state index is -3.38. The van der Waals surface area contributed by atoms with Crippen molar-refractivity contribution < 1.29 is 22.3 Å². The number of hydrogen-bond donors (Lipinski definition) is 0. The van der Waals surface area contributed by atoms with Crippen LogP contribution in [0.15, 0.2) is 58.0 Å². The molecule has 1 heterocycles. The van der Waals surface area contributed by atoms with Crippen molar-refractivity contribution in [2.75, 3.05) is 18.7 Å². The van der Waals surface area contributed by atoms with Gasteiger partial charge in [0.1, 0.15) is 24.7 Å². The van der Waals surface area contributed by atoms with Crippen molar-refractivity contribution in [1.82, 2.24) is 0 Å². The molecule has 9 heteroatoms. The molecule has 0 aliphatic heterocycles. The van der Waals surface area contributed by atoms with Gasteiger partial charge in [-0.15, -0.1) is 11.6 Å². The molecule has 0 atom stereocenters. The summed E-state index contributed by atoms with van der Waals surface area (Å²) in [5.41, 5.74) is 1.58. The lowest BCUT2D eigenvalue weighted by Gasteiger charge is -2.27. The molecule has 0 unspecified atom stereocenters. The second-order valence-corrected chi connectivity index (χ2v) is 10.9. The predicted octanol–water partition coefficient (Wildman–Crippen LogP) is 6.51. The smallest absolute Gasteiger partial charge is 0.218 e. The van der Waals surface area contributed by atoms with Crippen LogP contribution < -0.4 is 9.47 Å². The van der Waals surface area contributed by atoms with E-state index in [0.29, 0.717) is 39.8 Å². The van der Waals surface area contributed by atoms with E-state index >= 15 is 0 Å². The van der Waals surface area contributed by atoms with Gasteiger partial charge in [-0.1, -0.05) is 49.2 Å². The number of alkyl halides is 1. The van der Waals surface area contributed by atoms with E-state index in [0.717, 1.165) is 17.4 Å². The summed E-state index contributed by atoms with van der Waals surface area (Å²) in [5.74, 6) is 1.82. The number of hydrogen-bond acceptors (Lipinski definition) is 5. The van der Waals surface area contributed by atoms with Gasteiger partial charge >= 0.3 is 0 Å². The summed E-state index contributed by atoms with van der Waals surface area (Å²) >= 11 is 18.5. The molecule has 0 N–H and O–H groups in total. The molecule has 3 aromatic rings. The summed E-state index contributed by atoms with van der Waals surface area (Å²) in [4.78, 5) is 0. The van der Waals surface area contributed by atoms with E-state index in [-0.39, 0.29) is 17.1 Å². The van der Waals surface area contributed by atoms with E-state index < -0.39 is 9.84 Å². The molecule has 0 aliphatic carbocycles. The maximum absolute atomic E-state index is 11.5. The maximum atomic E-state index is 11.5. The van der Waals surface area contributed by atoms with Crippen LogP contribution in [0.4, 0.5) is 0 Å². The summed E-state index contributed by atoms with van der Waals surface area (Å²) < 4.78 is 39.6. The van der Waals surface area contributed by atoms with Crippen LogP contribution in [0, 0.1) is 0 Å². The van der Waals surface area contributed by atoms with Gasteiger partial charge in [-0.3, -0.25) is 0 Å². The first-order valence-corrected chi connectivity index (χ1v) is 12.9. The number of halogens is 3. The Bertz CT molecular complexity index is 1160. The number of benzene rings is 2. The summed E-state index contributed by atoms with van der Waals surface area (Å²) in [6.07, 6.45) is 1.09. The lowest BCUT2D eigenvalue weighted by molar-refractivity contribution is 0.258. The summed E-state index contributed by atoms with van der Waals surface area (Å²) in [6, 6.07) is 14.3. The first-order chi connectivity index (χ1) is 15.0. The van der Waals surface area contributed by atoms with Gasteiger partial charge < -0.3 is 13.9 Å². The molecule has 3 rings (SSSR count). The number of furan rings is 1. The van der Waals surface area contributed by atoms with Gasteiger partial charge in [0.05, 0.1) is 15.9 Å². The standard InChI is InChI=1S/C23H23Cl3O5S/c1-23(2,16-12-19(25)22(20(26)13-16)29-11-10-24)15-4-6-17(7-5-15)30-14-18-8-9-21(31-18)32(3,27)28/h4-9,12-13H,10-11,14H2,1-3H3. The molecule has 0 aliphatic rings. The molecule has 1 aromatic heterocycles. The quantitative estimate of drug-likeness (QED) is 0.303. The molecule has 0 radical (unpaired) electrons. The molecule has 0 saturated heterocycles. The van der Waals surface area contributed by atoms with E-state index in [9.17, 15) is 8.42 Å². The highest BCUT2D eigenvalue weighted by Gasteiger charge is 2.25. The fourth-order valence-electron chi connectivity index (χ4n) is 3.12. The molecule has 0 saturated carbocycles. The van der Waals surface area contributed by atoms with Crippen LogP contribution in [0.1, 0.15) is 30.7 Å².